The molecule has 4 fully saturated rings. The lowest BCUT2D eigenvalue weighted by atomic mass is 9.85. The predicted molar refractivity (Wildman–Crippen MR) is 115 cm³/mol. The van der Waals surface area contributed by atoms with Gasteiger partial charge in [0.2, 0.25) is 17.6 Å². The molecule has 0 aliphatic carbocycles. The van der Waals surface area contributed by atoms with Crippen molar-refractivity contribution in [3.63, 3.8) is 0 Å². The van der Waals surface area contributed by atoms with E-state index in [1.807, 2.05) is 0 Å². The summed E-state index contributed by atoms with van der Waals surface area (Å²) in [5.74, 6) is -3.97. The van der Waals surface area contributed by atoms with Gasteiger partial charge in [-0.2, -0.15) is 0 Å². The van der Waals surface area contributed by atoms with Crippen molar-refractivity contribution in [2.75, 3.05) is 18.4 Å². The van der Waals surface area contributed by atoms with Crippen LogP contribution in [-0.2, 0) is 14.3 Å². The molecule has 0 bridgehead atoms. The van der Waals surface area contributed by atoms with Crippen molar-refractivity contribution in [3.8, 4) is 0 Å². The molecular formula is C20H24N8O6. The molecule has 14 heteroatoms. The van der Waals surface area contributed by atoms with Crippen LogP contribution < -0.4 is 21.3 Å². The maximum absolute atomic E-state index is 12.5. The molecule has 0 saturated carbocycles. The van der Waals surface area contributed by atoms with Crippen LogP contribution >= 0.6 is 0 Å². The molecule has 1 aromatic rings. The number of likely N-dealkylation sites (tertiary alicyclic amines) is 1. The molecule has 1 spiro atoms. The van der Waals surface area contributed by atoms with E-state index in [0.717, 1.165) is 4.90 Å². The van der Waals surface area contributed by atoms with E-state index < -0.39 is 35.7 Å². The van der Waals surface area contributed by atoms with Gasteiger partial charge in [-0.3, -0.25) is 30.6 Å². The Morgan fingerprint density at radius 3 is 2.50 bits per heavy atom. The number of guanidine groups is 2. The lowest BCUT2D eigenvalue weighted by Gasteiger charge is -2.51. The van der Waals surface area contributed by atoms with E-state index in [4.69, 9.17) is 15.6 Å². The lowest BCUT2D eigenvalue weighted by molar-refractivity contribution is -0.257. The number of aliphatic hydroxyl groups is 2. The van der Waals surface area contributed by atoms with E-state index >= 15 is 0 Å². The molecule has 180 valence electrons. The summed E-state index contributed by atoms with van der Waals surface area (Å²) in [5, 5.41) is 50.0. The normalized spacial score (nSPS) is 31.4. The number of ether oxygens (including phenoxy) is 1. The zero-order valence-corrected chi connectivity index (χ0v) is 17.9. The number of nitrogens with one attached hydrogen (secondary N) is 6. The lowest BCUT2D eigenvalue weighted by Crippen LogP contribution is -2.81. The molecule has 4 aliphatic rings. The minimum atomic E-state index is -2.76. The van der Waals surface area contributed by atoms with Gasteiger partial charge in [-0.05, 0) is 12.1 Å². The standard InChI is InChI=1S/C20H24N8O6/c21-16-25-15-11(8-27-13(29)6-7-14(27)30)24-17(22)28-9-12(20(32,33)19(15,28)26-16)34-18(31)23-10-4-2-1-3-5-10/h1-5,11-12,15,32-33H,6-9H2,(H2,22,24)(H,23,31)(H3,21,25,26)/t11-,12-,15-,19-/m0/s1. The summed E-state index contributed by atoms with van der Waals surface area (Å²) in [5.41, 5.74) is -1.43. The first-order valence-electron chi connectivity index (χ1n) is 10.7. The number of carbonyl (C=O) groups is 3. The van der Waals surface area contributed by atoms with Gasteiger partial charge < -0.3 is 35.8 Å². The minimum Gasteiger partial charge on any atom is -0.438 e. The van der Waals surface area contributed by atoms with E-state index in [1.165, 1.54) is 4.90 Å². The van der Waals surface area contributed by atoms with Gasteiger partial charge in [0, 0.05) is 18.5 Å². The Kier molecular flexibility index (Phi) is 4.87. The third-order valence-electron chi connectivity index (χ3n) is 6.65. The van der Waals surface area contributed by atoms with Crippen LogP contribution in [0.5, 0.6) is 0 Å². The van der Waals surface area contributed by atoms with Crippen LogP contribution in [0, 0.1) is 10.8 Å². The van der Waals surface area contributed by atoms with E-state index in [-0.39, 0.29) is 49.7 Å². The van der Waals surface area contributed by atoms with E-state index in [1.54, 1.807) is 30.3 Å². The molecule has 1 aromatic carbocycles. The highest BCUT2D eigenvalue weighted by Gasteiger charge is 2.75. The zero-order valence-electron chi connectivity index (χ0n) is 17.9. The number of hydrogen-bond donors (Lipinski definition) is 8. The second kappa shape index (κ2) is 7.56. The van der Waals surface area contributed by atoms with Gasteiger partial charge >= 0.3 is 6.09 Å². The molecule has 3 amide bonds. The molecule has 0 radical (unpaired) electrons. The monoisotopic (exact) mass is 472 g/mol. The molecule has 8 N–H and O–H groups in total. The Hall–Kier alpha value is -3.91. The largest absolute Gasteiger partial charge is 0.438 e. The van der Waals surface area contributed by atoms with Gasteiger partial charge in [-0.25, -0.2) is 4.79 Å². The second-order valence-electron chi connectivity index (χ2n) is 8.61. The summed E-state index contributed by atoms with van der Waals surface area (Å²) in [6.45, 7) is -0.411. The van der Waals surface area contributed by atoms with Crippen molar-refractivity contribution >= 4 is 35.5 Å². The van der Waals surface area contributed by atoms with Crippen molar-refractivity contribution in [1.82, 2.24) is 25.8 Å². The molecule has 5 rings (SSSR count). The van der Waals surface area contributed by atoms with Crippen molar-refractivity contribution in [2.45, 2.75) is 42.5 Å². The van der Waals surface area contributed by atoms with Gasteiger partial charge in [-0.15, -0.1) is 0 Å². The SMILES string of the molecule is N=C1N[C@H]2[C@H](CN3C(=O)CCC3=O)NC(=N)N3C[C@H](OC(=O)Nc4ccccc4)C(O)(O)[C@]23N1. The number of carbonyl (C=O) groups excluding carboxylic acids is 3. The van der Waals surface area contributed by atoms with Crippen molar-refractivity contribution in [3.05, 3.63) is 30.3 Å². The van der Waals surface area contributed by atoms with Crippen LogP contribution in [0.4, 0.5) is 10.5 Å². The van der Waals surface area contributed by atoms with Crippen LogP contribution in [-0.4, -0.2) is 92.6 Å². The first kappa shape index (κ1) is 21.9. The Morgan fingerprint density at radius 1 is 1.15 bits per heavy atom. The Bertz CT molecular complexity index is 1060. The fourth-order valence-electron chi connectivity index (χ4n) is 5.09. The molecular weight excluding hydrogens is 448 g/mol. The van der Waals surface area contributed by atoms with Crippen LogP contribution in [0.1, 0.15) is 12.8 Å². The predicted octanol–water partition coefficient (Wildman–Crippen LogP) is -2.15. The van der Waals surface area contributed by atoms with E-state index in [9.17, 15) is 24.6 Å². The molecule has 4 aliphatic heterocycles. The third kappa shape index (κ3) is 3.13. The average Bonchev–Trinajstić information content (AvgIpc) is 3.37. The number of rotatable bonds is 4. The fourth-order valence-corrected chi connectivity index (χ4v) is 5.09. The number of imide groups is 1. The summed E-state index contributed by atoms with van der Waals surface area (Å²) in [4.78, 5) is 39.1. The minimum absolute atomic E-state index is 0.0861. The maximum Gasteiger partial charge on any atom is 0.412 e. The number of nitrogens with zero attached hydrogens (tertiary/aromatic N) is 2. The van der Waals surface area contributed by atoms with Crippen LogP contribution in [0.15, 0.2) is 30.3 Å². The van der Waals surface area contributed by atoms with Gasteiger partial charge in [0.25, 0.3) is 0 Å². The molecule has 4 atom stereocenters. The topological polar surface area (TPSA) is 203 Å². The number of amides is 3. The highest BCUT2D eigenvalue weighted by atomic mass is 16.6. The quantitative estimate of drug-likeness (QED) is 0.176. The summed E-state index contributed by atoms with van der Waals surface area (Å²) in [6.07, 6.45) is -2.26. The third-order valence-corrected chi connectivity index (χ3v) is 6.65. The first-order chi connectivity index (χ1) is 16.1. The molecule has 14 nitrogen and oxygen atoms in total. The summed E-state index contributed by atoms with van der Waals surface area (Å²) in [6, 6.07) is 6.64. The smallest absolute Gasteiger partial charge is 0.412 e. The van der Waals surface area contributed by atoms with Crippen LogP contribution in [0.3, 0.4) is 0 Å². The zero-order chi connectivity index (χ0) is 24.3. The summed E-state index contributed by atoms with van der Waals surface area (Å²) >= 11 is 0. The van der Waals surface area contributed by atoms with Crippen molar-refractivity contribution in [1.29, 1.82) is 10.8 Å². The van der Waals surface area contributed by atoms with Gasteiger partial charge in [0.1, 0.15) is 0 Å². The number of hydrogen-bond acceptors (Lipinski definition) is 8. The Balaban J connectivity index is 1.41. The fraction of sp³-hybridized carbons (Fsp3) is 0.450. The molecule has 4 heterocycles. The van der Waals surface area contributed by atoms with Crippen molar-refractivity contribution in [2.24, 2.45) is 0 Å². The number of benzene rings is 1. The number of anilines is 1. The number of para-hydroxylation sites is 1. The summed E-state index contributed by atoms with van der Waals surface area (Å²) < 4.78 is 5.34. The van der Waals surface area contributed by atoms with Gasteiger partial charge in [-0.1, -0.05) is 18.2 Å². The summed E-state index contributed by atoms with van der Waals surface area (Å²) in [7, 11) is 0. The average molecular weight is 472 g/mol. The van der Waals surface area contributed by atoms with Crippen LogP contribution in [0.25, 0.3) is 0 Å². The second-order valence-corrected chi connectivity index (χ2v) is 8.61. The Labute approximate surface area is 193 Å². The highest BCUT2D eigenvalue weighted by Crippen LogP contribution is 2.44. The Morgan fingerprint density at radius 2 is 1.82 bits per heavy atom. The maximum atomic E-state index is 12.5. The van der Waals surface area contributed by atoms with Crippen LogP contribution in [0.2, 0.25) is 0 Å². The van der Waals surface area contributed by atoms with E-state index in [2.05, 4.69) is 21.3 Å². The first-order valence-corrected chi connectivity index (χ1v) is 10.7. The highest BCUT2D eigenvalue weighted by molar-refractivity contribution is 6.02. The molecule has 34 heavy (non-hydrogen) atoms. The molecule has 4 saturated heterocycles. The van der Waals surface area contributed by atoms with Gasteiger partial charge in [0.05, 0.1) is 25.2 Å². The molecule has 0 aromatic heterocycles. The van der Waals surface area contributed by atoms with E-state index in [0.29, 0.717) is 5.69 Å². The van der Waals surface area contributed by atoms with Gasteiger partial charge in [0.15, 0.2) is 23.7 Å². The molecule has 0 unspecified atom stereocenters. The van der Waals surface area contributed by atoms with Crippen molar-refractivity contribution < 1.29 is 29.3 Å².